The number of benzene rings is 1. The first-order valence-corrected chi connectivity index (χ1v) is 9.09. The van der Waals surface area contributed by atoms with Crippen LogP contribution in [0.4, 0.5) is 10.1 Å². The van der Waals surface area contributed by atoms with Crippen molar-refractivity contribution in [1.29, 1.82) is 0 Å². The van der Waals surface area contributed by atoms with Gasteiger partial charge in [-0.25, -0.2) is 4.39 Å². The summed E-state index contributed by atoms with van der Waals surface area (Å²) in [6, 6.07) is 7.02. The molecule has 1 aromatic carbocycles. The zero-order valence-electron chi connectivity index (χ0n) is 15.2. The van der Waals surface area contributed by atoms with Crippen molar-refractivity contribution in [2.75, 3.05) is 57.3 Å². The number of para-hydroxylation sites is 1. The molecule has 0 atom stereocenters. The molecule has 0 amide bonds. The molecule has 0 spiro atoms. The molecule has 0 aliphatic carbocycles. The first-order chi connectivity index (χ1) is 12.2. The van der Waals surface area contributed by atoms with Gasteiger partial charge in [-0.3, -0.25) is 9.89 Å². The summed E-state index contributed by atoms with van der Waals surface area (Å²) in [5.74, 6) is 0.708. The number of hydrogen-bond acceptors (Lipinski definition) is 3. The third-order valence-corrected chi connectivity index (χ3v) is 4.23. The van der Waals surface area contributed by atoms with Crippen LogP contribution in [-0.2, 0) is 0 Å². The second-order valence-electron chi connectivity index (χ2n) is 6.06. The van der Waals surface area contributed by atoms with E-state index in [0.29, 0.717) is 6.54 Å². The van der Waals surface area contributed by atoms with E-state index in [9.17, 15) is 4.39 Å². The Hall–Kier alpha value is -2.08. The number of nitrogens with one attached hydrogen (secondary N) is 2. The zero-order valence-corrected chi connectivity index (χ0v) is 15.2. The molecule has 6 heteroatoms. The van der Waals surface area contributed by atoms with E-state index in [1.807, 2.05) is 18.2 Å². The van der Waals surface area contributed by atoms with Crippen molar-refractivity contribution in [3.63, 3.8) is 0 Å². The minimum atomic E-state index is -0.131. The highest BCUT2D eigenvalue weighted by molar-refractivity contribution is 5.79. The number of hydrogen-bond donors (Lipinski definition) is 2. The van der Waals surface area contributed by atoms with E-state index in [0.717, 1.165) is 63.9 Å². The second kappa shape index (κ2) is 10.7. The highest BCUT2D eigenvalue weighted by atomic mass is 19.1. The predicted molar refractivity (Wildman–Crippen MR) is 104 cm³/mol. The molecule has 2 N–H and O–H groups in total. The fourth-order valence-corrected chi connectivity index (χ4v) is 2.92. The summed E-state index contributed by atoms with van der Waals surface area (Å²) < 4.78 is 13.9. The molecule has 1 fully saturated rings. The molecule has 0 unspecified atom stereocenters. The maximum Gasteiger partial charge on any atom is 0.191 e. The van der Waals surface area contributed by atoms with E-state index in [-0.39, 0.29) is 5.82 Å². The van der Waals surface area contributed by atoms with E-state index in [1.165, 1.54) is 6.07 Å². The summed E-state index contributed by atoms with van der Waals surface area (Å²) in [7, 11) is 0. The zero-order chi connectivity index (χ0) is 17.9. The summed E-state index contributed by atoms with van der Waals surface area (Å²) in [4.78, 5) is 9.13. The fraction of sp³-hybridized carbons (Fsp3) is 0.526. The van der Waals surface area contributed by atoms with Gasteiger partial charge in [0.25, 0.3) is 0 Å². The van der Waals surface area contributed by atoms with Crippen LogP contribution in [0.5, 0.6) is 0 Å². The number of halogens is 1. The first-order valence-electron chi connectivity index (χ1n) is 9.09. The summed E-state index contributed by atoms with van der Waals surface area (Å²) in [5.41, 5.74) is 0.718. The average molecular weight is 347 g/mol. The minimum absolute atomic E-state index is 0.131. The minimum Gasteiger partial charge on any atom is -0.367 e. The van der Waals surface area contributed by atoms with E-state index in [1.54, 1.807) is 6.07 Å². The average Bonchev–Trinajstić information content (AvgIpc) is 2.64. The standard InChI is InChI=1S/C19H30FN5/c1-3-10-22-19(21-4-2)23-11-7-12-24-13-15-25(16-14-24)18-9-6-5-8-17(18)20/h3,5-6,8-9H,1,4,7,10-16H2,2H3,(H2,21,22,23). The van der Waals surface area contributed by atoms with Gasteiger partial charge >= 0.3 is 0 Å². The molecule has 2 rings (SSSR count). The Morgan fingerprint density at radius 3 is 2.68 bits per heavy atom. The van der Waals surface area contributed by atoms with Crippen molar-refractivity contribution >= 4 is 11.6 Å². The second-order valence-corrected chi connectivity index (χ2v) is 6.06. The van der Waals surface area contributed by atoms with Gasteiger partial charge < -0.3 is 15.5 Å². The largest absolute Gasteiger partial charge is 0.367 e. The van der Waals surface area contributed by atoms with Crippen molar-refractivity contribution in [3.8, 4) is 0 Å². The third kappa shape index (κ3) is 6.38. The highest BCUT2D eigenvalue weighted by Crippen LogP contribution is 2.20. The van der Waals surface area contributed by atoms with Crippen molar-refractivity contribution in [2.24, 2.45) is 4.99 Å². The van der Waals surface area contributed by atoms with Gasteiger partial charge in [0.1, 0.15) is 5.82 Å². The number of anilines is 1. The third-order valence-electron chi connectivity index (χ3n) is 4.23. The lowest BCUT2D eigenvalue weighted by Gasteiger charge is -2.36. The Balaban J connectivity index is 1.70. The summed E-state index contributed by atoms with van der Waals surface area (Å²) >= 11 is 0. The SMILES string of the molecule is C=CCNC(=NCCCN1CCN(c2ccccc2F)CC1)NCC. The van der Waals surface area contributed by atoms with Crippen LogP contribution in [0.3, 0.4) is 0 Å². The Labute approximate surface area is 150 Å². The summed E-state index contributed by atoms with van der Waals surface area (Å²) in [6.07, 6.45) is 2.84. The molecule has 1 aliphatic heterocycles. The van der Waals surface area contributed by atoms with Crippen LogP contribution < -0.4 is 15.5 Å². The Morgan fingerprint density at radius 2 is 2.00 bits per heavy atom. The lowest BCUT2D eigenvalue weighted by atomic mass is 10.2. The topological polar surface area (TPSA) is 42.9 Å². The quantitative estimate of drug-likeness (QED) is 0.327. The normalized spacial score (nSPS) is 15.9. The van der Waals surface area contributed by atoms with Crippen molar-refractivity contribution in [3.05, 3.63) is 42.7 Å². The molecule has 1 heterocycles. The van der Waals surface area contributed by atoms with Gasteiger partial charge in [-0.05, 0) is 25.5 Å². The Bertz CT molecular complexity index is 553. The summed E-state index contributed by atoms with van der Waals surface area (Å²) in [6.45, 7) is 12.8. The van der Waals surface area contributed by atoms with Crippen LogP contribution in [0.15, 0.2) is 41.9 Å². The molecule has 1 aromatic rings. The van der Waals surface area contributed by atoms with Gasteiger partial charge in [-0.2, -0.15) is 0 Å². The lowest BCUT2D eigenvalue weighted by molar-refractivity contribution is 0.256. The maximum absolute atomic E-state index is 13.9. The van der Waals surface area contributed by atoms with Crippen LogP contribution in [0, 0.1) is 5.82 Å². The van der Waals surface area contributed by atoms with Gasteiger partial charge in [-0.1, -0.05) is 18.2 Å². The maximum atomic E-state index is 13.9. The van der Waals surface area contributed by atoms with Gasteiger partial charge in [0.15, 0.2) is 5.96 Å². The van der Waals surface area contributed by atoms with Crippen LogP contribution >= 0.6 is 0 Å². The summed E-state index contributed by atoms with van der Waals surface area (Å²) in [5, 5.41) is 6.42. The lowest BCUT2D eigenvalue weighted by Crippen LogP contribution is -2.47. The molecule has 1 aliphatic rings. The Morgan fingerprint density at radius 1 is 1.24 bits per heavy atom. The van der Waals surface area contributed by atoms with Crippen LogP contribution in [-0.4, -0.2) is 63.2 Å². The molecule has 25 heavy (non-hydrogen) atoms. The Kier molecular flexibility index (Phi) is 8.25. The van der Waals surface area contributed by atoms with E-state index < -0.39 is 0 Å². The monoisotopic (exact) mass is 347 g/mol. The van der Waals surface area contributed by atoms with Crippen LogP contribution in [0.1, 0.15) is 13.3 Å². The van der Waals surface area contributed by atoms with E-state index in [4.69, 9.17) is 0 Å². The molecular weight excluding hydrogens is 317 g/mol. The van der Waals surface area contributed by atoms with Gasteiger partial charge in [0, 0.05) is 52.4 Å². The van der Waals surface area contributed by atoms with Crippen LogP contribution in [0.2, 0.25) is 0 Å². The molecule has 0 radical (unpaired) electrons. The number of nitrogens with zero attached hydrogens (tertiary/aromatic N) is 3. The molecule has 0 saturated carbocycles. The molecule has 0 bridgehead atoms. The highest BCUT2D eigenvalue weighted by Gasteiger charge is 2.18. The van der Waals surface area contributed by atoms with Crippen molar-refractivity contribution in [2.45, 2.75) is 13.3 Å². The molecule has 5 nitrogen and oxygen atoms in total. The van der Waals surface area contributed by atoms with Gasteiger partial charge in [-0.15, -0.1) is 6.58 Å². The number of piperazine rings is 1. The number of aliphatic imine (C=N–C) groups is 1. The molecule has 0 aromatic heterocycles. The van der Waals surface area contributed by atoms with E-state index >= 15 is 0 Å². The van der Waals surface area contributed by atoms with E-state index in [2.05, 4.69) is 38.9 Å². The smallest absolute Gasteiger partial charge is 0.191 e. The van der Waals surface area contributed by atoms with Crippen molar-refractivity contribution < 1.29 is 4.39 Å². The number of rotatable bonds is 8. The first kappa shape index (κ1) is 19.2. The molecule has 138 valence electrons. The van der Waals surface area contributed by atoms with Crippen molar-refractivity contribution in [1.82, 2.24) is 15.5 Å². The van der Waals surface area contributed by atoms with Crippen LogP contribution in [0.25, 0.3) is 0 Å². The number of guanidine groups is 1. The predicted octanol–water partition coefficient (Wildman–Crippen LogP) is 2.08. The molecule has 1 saturated heterocycles. The fourth-order valence-electron chi connectivity index (χ4n) is 2.92. The van der Waals surface area contributed by atoms with Gasteiger partial charge in [0.2, 0.25) is 0 Å². The van der Waals surface area contributed by atoms with Gasteiger partial charge in [0.05, 0.1) is 5.69 Å². The molecular formula is C19H30FN5.